The van der Waals surface area contributed by atoms with Crippen LogP contribution < -0.4 is 10.1 Å². The van der Waals surface area contributed by atoms with Crippen molar-refractivity contribution < 1.29 is 9.47 Å². The lowest BCUT2D eigenvalue weighted by Crippen LogP contribution is -2.38. The first-order chi connectivity index (χ1) is 10.3. The van der Waals surface area contributed by atoms with Crippen molar-refractivity contribution in [1.82, 2.24) is 10.2 Å². The Morgan fingerprint density at radius 3 is 3.00 bits per heavy atom. The Balaban J connectivity index is 1.93. The highest BCUT2D eigenvalue weighted by Gasteiger charge is 2.18. The Labute approximate surface area is 128 Å². The second-order valence-corrected chi connectivity index (χ2v) is 5.60. The van der Waals surface area contributed by atoms with Crippen LogP contribution in [0.3, 0.4) is 0 Å². The second kappa shape index (κ2) is 9.03. The van der Waals surface area contributed by atoms with Crippen LogP contribution in [-0.2, 0) is 11.3 Å². The maximum atomic E-state index is 5.59. The molecule has 21 heavy (non-hydrogen) atoms. The third kappa shape index (κ3) is 5.65. The van der Waals surface area contributed by atoms with E-state index in [9.17, 15) is 0 Å². The number of nitrogens with one attached hydrogen (secondary N) is 1. The van der Waals surface area contributed by atoms with Crippen molar-refractivity contribution in [2.24, 2.45) is 0 Å². The van der Waals surface area contributed by atoms with Gasteiger partial charge in [0, 0.05) is 32.8 Å². The van der Waals surface area contributed by atoms with E-state index in [0.29, 0.717) is 12.6 Å². The zero-order chi connectivity index (χ0) is 14.9. The summed E-state index contributed by atoms with van der Waals surface area (Å²) in [5.41, 5.74) is 1.30. The Morgan fingerprint density at radius 1 is 1.38 bits per heavy atom. The van der Waals surface area contributed by atoms with Crippen LogP contribution in [0.15, 0.2) is 24.3 Å². The highest BCUT2D eigenvalue weighted by Crippen LogP contribution is 2.16. The van der Waals surface area contributed by atoms with Crippen LogP contribution in [0.5, 0.6) is 5.75 Å². The van der Waals surface area contributed by atoms with Gasteiger partial charge in [-0.3, -0.25) is 4.90 Å². The Hall–Kier alpha value is -1.10. The molecule has 4 heteroatoms. The van der Waals surface area contributed by atoms with Gasteiger partial charge in [-0.1, -0.05) is 12.1 Å². The summed E-state index contributed by atoms with van der Waals surface area (Å²) in [5, 5.41) is 3.57. The molecule has 1 aromatic carbocycles. The van der Waals surface area contributed by atoms with Gasteiger partial charge in [-0.2, -0.15) is 0 Å². The van der Waals surface area contributed by atoms with Gasteiger partial charge in [0.15, 0.2) is 0 Å². The highest BCUT2D eigenvalue weighted by atomic mass is 16.5. The number of rotatable bonds is 9. The number of hydrogen-bond donors (Lipinski definition) is 1. The fourth-order valence-electron chi connectivity index (χ4n) is 2.84. The fourth-order valence-corrected chi connectivity index (χ4v) is 2.84. The van der Waals surface area contributed by atoms with Crippen LogP contribution in [0, 0.1) is 0 Å². The Morgan fingerprint density at radius 2 is 2.29 bits per heavy atom. The Kier molecular flexibility index (Phi) is 7.00. The first-order valence-corrected chi connectivity index (χ1v) is 7.98. The molecule has 1 aromatic rings. The van der Waals surface area contributed by atoms with Gasteiger partial charge in [-0.25, -0.2) is 0 Å². The quantitative estimate of drug-likeness (QED) is 0.757. The molecule has 4 nitrogen and oxygen atoms in total. The summed E-state index contributed by atoms with van der Waals surface area (Å²) in [5.74, 6) is 0.959. The van der Waals surface area contributed by atoms with E-state index in [1.807, 2.05) is 13.0 Å². The molecule has 0 amide bonds. The third-order valence-electron chi connectivity index (χ3n) is 3.87. The fraction of sp³-hybridized carbons (Fsp3) is 0.647. The monoisotopic (exact) mass is 292 g/mol. The molecule has 118 valence electrons. The lowest BCUT2D eigenvalue weighted by atomic mass is 10.1. The van der Waals surface area contributed by atoms with Gasteiger partial charge in [0.25, 0.3) is 0 Å². The summed E-state index contributed by atoms with van der Waals surface area (Å²) in [6, 6.07) is 9.03. The summed E-state index contributed by atoms with van der Waals surface area (Å²) < 4.78 is 10.8. The zero-order valence-electron chi connectivity index (χ0n) is 13.3. The second-order valence-electron chi connectivity index (χ2n) is 5.60. The van der Waals surface area contributed by atoms with E-state index in [0.717, 1.165) is 38.5 Å². The smallest absolute Gasteiger partial charge is 0.119 e. The molecule has 1 fully saturated rings. The predicted molar refractivity (Wildman–Crippen MR) is 85.8 cm³/mol. The molecule has 2 rings (SSSR count). The molecular formula is C17H28N2O2. The predicted octanol–water partition coefficient (Wildman–Crippen LogP) is 2.29. The maximum Gasteiger partial charge on any atom is 0.119 e. The van der Waals surface area contributed by atoms with Crippen molar-refractivity contribution in [3.8, 4) is 5.75 Å². The van der Waals surface area contributed by atoms with Crippen LogP contribution in [-0.4, -0.2) is 50.9 Å². The lowest BCUT2D eigenvalue weighted by molar-refractivity contribution is 0.138. The average Bonchev–Trinajstić information content (AvgIpc) is 2.98. The minimum atomic E-state index is 0.622. The first-order valence-electron chi connectivity index (χ1n) is 7.98. The molecule has 0 spiro atoms. The summed E-state index contributed by atoms with van der Waals surface area (Å²) in [4.78, 5) is 2.47. The molecule has 0 aromatic heterocycles. The van der Waals surface area contributed by atoms with Crippen LogP contribution >= 0.6 is 0 Å². The van der Waals surface area contributed by atoms with E-state index in [4.69, 9.17) is 9.47 Å². The van der Waals surface area contributed by atoms with Gasteiger partial charge in [0.05, 0.1) is 13.2 Å². The number of methoxy groups -OCH3 is 1. The van der Waals surface area contributed by atoms with Crippen molar-refractivity contribution in [2.45, 2.75) is 32.4 Å². The van der Waals surface area contributed by atoms with Gasteiger partial charge in [0.1, 0.15) is 5.75 Å². The van der Waals surface area contributed by atoms with E-state index >= 15 is 0 Å². The van der Waals surface area contributed by atoms with Crippen molar-refractivity contribution in [3.63, 3.8) is 0 Å². The molecule has 0 radical (unpaired) electrons. The van der Waals surface area contributed by atoms with Crippen molar-refractivity contribution in [2.75, 3.05) is 40.0 Å². The molecule has 1 saturated heterocycles. The van der Waals surface area contributed by atoms with E-state index in [-0.39, 0.29) is 0 Å². The first kappa shape index (κ1) is 16.3. The topological polar surface area (TPSA) is 33.7 Å². The molecule has 1 N–H and O–H groups in total. The molecule has 0 aliphatic carbocycles. The number of benzene rings is 1. The zero-order valence-corrected chi connectivity index (χ0v) is 13.3. The van der Waals surface area contributed by atoms with Crippen molar-refractivity contribution >= 4 is 0 Å². The molecule has 1 unspecified atom stereocenters. The summed E-state index contributed by atoms with van der Waals surface area (Å²) in [6.07, 6.45) is 2.57. The molecule has 1 aliphatic heterocycles. The number of hydrogen-bond acceptors (Lipinski definition) is 4. The van der Waals surface area contributed by atoms with Gasteiger partial charge >= 0.3 is 0 Å². The van der Waals surface area contributed by atoms with Gasteiger partial charge in [-0.05, 0) is 44.0 Å². The molecule has 1 aliphatic rings. The standard InChI is InChI=1S/C17H28N2O2/c1-3-21-17-8-4-6-15(12-17)13-19(10-11-20-2)14-16-7-5-9-18-16/h4,6,8,12,16,18H,3,5,7,9-11,13-14H2,1-2H3. The largest absolute Gasteiger partial charge is 0.494 e. The summed E-state index contributed by atoms with van der Waals surface area (Å²) >= 11 is 0. The van der Waals surface area contributed by atoms with E-state index in [1.165, 1.54) is 18.4 Å². The minimum absolute atomic E-state index is 0.622. The SMILES string of the molecule is CCOc1cccc(CN(CCOC)CC2CCCN2)c1. The molecule has 0 saturated carbocycles. The van der Waals surface area contributed by atoms with Crippen LogP contribution in [0.2, 0.25) is 0 Å². The minimum Gasteiger partial charge on any atom is -0.494 e. The van der Waals surface area contributed by atoms with Crippen molar-refractivity contribution in [1.29, 1.82) is 0 Å². The van der Waals surface area contributed by atoms with Gasteiger partial charge < -0.3 is 14.8 Å². The van der Waals surface area contributed by atoms with E-state index in [1.54, 1.807) is 7.11 Å². The molecule has 0 bridgehead atoms. The maximum absolute atomic E-state index is 5.59. The normalized spacial score (nSPS) is 18.3. The van der Waals surface area contributed by atoms with E-state index in [2.05, 4.69) is 28.4 Å². The Bertz CT molecular complexity index is 406. The van der Waals surface area contributed by atoms with Gasteiger partial charge in [0.2, 0.25) is 0 Å². The molecule has 1 heterocycles. The van der Waals surface area contributed by atoms with Crippen LogP contribution in [0.1, 0.15) is 25.3 Å². The van der Waals surface area contributed by atoms with Crippen LogP contribution in [0.25, 0.3) is 0 Å². The number of nitrogens with zero attached hydrogens (tertiary/aromatic N) is 1. The van der Waals surface area contributed by atoms with E-state index < -0.39 is 0 Å². The average molecular weight is 292 g/mol. The third-order valence-corrected chi connectivity index (χ3v) is 3.87. The highest BCUT2D eigenvalue weighted by molar-refractivity contribution is 5.28. The lowest BCUT2D eigenvalue weighted by Gasteiger charge is -2.25. The molecular weight excluding hydrogens is 264 g/mol. The van der Waals surface area contributed by atoms with Crippen molar-refractivity contribution in [3.05, 3.63) is 29.8 Å². The summed E-state index contributed by atoms with van der Waals surface area (Å²) in [6.45, 7) is 7.66. The van der Waals surface area contributed by atoms with Gasteiger partial charge in [-0.15, -0.1) is 0 Å². The number of ether oxygens (including phenoxy) is 2. The molecule has 1 atom stereocenters. The summed E-state index contributed by atoms with van der Waals surface area (Å²) in [7, 11) is 1.77. The van der Waals surface area contributed by atoms with Crippen LogP contribution in [0.4, 0.5) is 0 Å².